The zero-order chi connectivity index (χ0) is 16.8. The highest BCUT2D eigenvalue weighted by Gasteiger charge is 2.31. The van der Waals surface area contributed by atoms with Crippen molar-refractivity contribution in [2.24, 2.45) is 0 Å². The van der Waals surface area contributed by atoms with Gasteiger partial charge in [0.05, 0.1) is 39.6 Å². The first-order chi connectivity index (χ1) is 9.86. The Morgan fingerprint density at radius 3 is 1.05 bits per heavy atom. The number of hydrogen-bond acceptors (Lipinski definition) is 9. The van der Waals surface area contributed by atoms with Crippen LogP contribution in [0.5, 0.6) is 0 Å². The highest BCUT2D eigenvalue weighted by atomic mass is 32.5. The fourth-order valence-electron chi connectivity index (χ4n) is 0.924. The molecule has 0 aromatic heterocycles. The van der Waals surface area contributed by atoms with Crippen LogP contribution in [0.1, 0.15) is 27.7 Å². The van der Waals surface area contributed by atoms with Crippen molar-refractivity contribution in [1.29, 1.82) is 0 Å². The van der Waals surface area contributed by atoms with Crippen molar-refractivity contribution in [3.8, 4) is 0 Å². The summed E-state index contributed by atoms with van der Waals surface area (Å²) in [4.78, 5) is 0. The van der Waals surface area contributed by atoms with E-state index < -0.39 is 13.4 Å². The second-order valence-electron chi connectivity index (χ2n) is 3.09. The van der Waals surface area contributed by atoms with Gasteiger partial charge in [-0.15, -0.1) is 0 Å². The monoisotopic (exact) mass is 384 g/mol. The van der Waals surface area contributed by atoms with Gasteiger partial charge in [-0.25, -0.2) is 4.31 Å². The molecule has 0 saturated heterocycles. The summed E-state index contributed by atoms with van der Waals surface area (Å²) < 4.78 is 26.9. The lowest BCUT2D eigenvalue weighted by Gasteiger charge is -2.27. The Hall–Kier alpha value is 1.02. The summed E-state index contributed by atoms with van der Waals surface area (Å²) in [6.07, 6.45) is 0. The first kappa shape index (κ1) is 24.3. The Balaban J connectivity index is 0. The Kier molecular flexibility index (Phi) is 16.9. The highest BCUT2D eigenvalue weighted by molar-refractivity contribution is 8.14. The van der Waals surface area contributed by atoms with E-state index in [1.54, 1.807) is 0 Å². The first-order valence-corrected chi connectivity index (χ1v) is 11.7. The van der Waals surface area contributed by atoms with Gasteiger partial charge < -0.3 is 28.3 Å². The minimum absolute atomic E-state index is 0.125. The van der Waals surface area contributed by atoms with Gasteiger partial charge in [0, 0.05) is 0 Å². The highest BCUT2D eigenvalue weighted by Crippen LogP contribution is 2.66. The quantitative estimate of drug-likeness (QED) is 0.522. The van der Waals surface area contributed by atoms with E-state index in [1.807, 2.05) is 27.7 Å². The molecule has 0 atom stereocenters. The smallest absolute Gasteiger partial charge is 0.334 e. The number of rotatable bonds is 11. The van der Waals surface area contributed by atoms with Crippen molar-refractivity contribution < 1.29 is 32.6 Å². The summed E-state index contributed by atoms with van der Waals surface area (Å²) in [5.74, 6) is 0. The second-order valence-corrected chi connectivity index (χ2v) is 9.25. The predicted octanol–water partition coefficient (Wildman–Crippen LogP) is 2.57. The standard InChI is InChI=1S/C8H20O5P2S2.C2H6O2/c1-5-9-14(16,10-6-2)13-15(17,11-7-3)12-8-4;3-1-2-4/h5-8H2,1-4H3;3-4H,1-2H2. The maximum atomic E-state index is 7.62. The van der Waals surface area contributed by atoms with Crippen LogP contribution in [0.15, 0.2) is 0 Å². The van der Waals surface area contributed by atoms with Gasteiger partial charge in [-0.3, -0.25) is 0 Å². The molecule has 0 aliphatic heterocycles. The second kappa shape index (κ2) is 14.6. The molecule has 0 aliphatic rings. The van der Waals surface area contributed by atoms with Gasteiger partial charge in [-0.05, 0) is 51.3 Å². The number of aliphatic hydroxyl groups excluding tert-OH is 2. The maximum absolute atomic E-state index is 7.62. The Bertz CT molecular complexity index is 281. The summed E-state index contributed by atoms with van der Waals surface area (Å²) in [5, 5.41) is 15.2. The van der Waals surface area contributed by atoms with Crippen LogP contribution in [0.3, 0.4) is 0 Å². The minimum atomic E-state index is -2.87. The van der Waals surface area contributed by atoms with E-state index in [4.69, 9.17) is 56.2 Å². The van der Waals surface area contributed by atoms with E-state index in [0.717, 1.165) is 0 Å². The third-order valence-corrected chi connectivity index (χ3v) is 7.81. The van der Waals surface area contributed by atoms with Crippen LogP contribution in [-0.2, 0) is 46.0 Å². The average molecular weight is 384 g/mol. The summed E-state index contributed by atoms with van der Waals surface area (Å²) in [6, 6.07) is 0. The first-order valence-electron chi connectivity index (χ1n) is 6.58. The molecule has 0 heterocycles. The van der Waals surface area contributed by atoms with Gasteiger partial charge in [0.1, 0.15) is 0 Å². The van der Waals surface area contributed by atoms with E-state index in [9.17, 15) is 0 Å². The molecular weight excluding hydrogens is 358 g/mol. The van der Waals surface area contributed by atoms with E-state index >= 15 is 0 Å². The molecule has 7 nitrogen and oxygen atoms in total. The number of aliphatic hydroxyl groups is 2. The number of hydrogen-bond donors (Lipinski definition) is 2. The summed E-state index contributed by atoms with van der Waals surface area (Å²) in [6.45, 7) is 2.84. The Labute approximate surface area is 137 Å². The molecule has 21 heavy (non-hydrogen) atoms. The Morgan fingerprint density at radius 1 is 0.667 bits per heavy atom. The summed E-state index contributed by atoms with van der Waals surface area (Å²) in [5.41, 5.74) is 0. The van der Waals surface area contributed by atoms with Crippen molar-refractivity contribution in [2.45, 2.75) is 27.7 Å². The molecule has 0 bridgehead atoms. The van der Waals surface area contributed by atoms with E-state index in [-0.39, 0.29) is 13.2 Å². The normalized spacial score (nSPS) is 11.9. The molecule has 0 rings (SSSR count). The molecule has 11 heteroatoms. The van der Waals surface area contributed by atoms with Crippen LogP contribution in [0, 0.1) is 0 Å². The SMILES string of the molecule is CCOP(=S)(OCC)OP(=S)(OCC)OCC.OCCO. The largest absolute Gasteiger partial charge is 0.394 e. The van der Waals surface area contributed by atoms with Crippen LogP contribution in [0.4, 0.5) is 0 Å². The summed E-state index contributed by atoms with van der Waals surface area (Å²) >= 11 is 10.4. The van der Waals surface area contributed by atoms with E-state index in [2.05, 4.69) is 0 Å². The minimum Gasteiger partial charge on any atom is -0.394 e. The molecule has 0 unspecified atom stereocenters. The lowest BCUT2D eigenvalue weighted by atomic mass is 10.8. The van der Waals surface area contributed by atoms with Crippen LogP contribution in [-0.4, -0.2) is 49.9 Å². The molecule has 0 aromatic carbocycles. The van der Waals surface area contributed by atoms with Crippen molar-refractivity contribution >= 4 is 37.1 Å². The molecule has 0 saturated carbocycles. The molecule has 0 fully saturated rings. The fraction of sp³-hybridized carbons (Fsp3) is 1.00. The van der Waals surface area contributed by atoms with Crippen LogP contribution < -0.4 is 0 Å². The lowest BCUT2D eigenvalue weighted by Crippen LogP contribution is -2.03. The molecular formula is C10H26O7P2S2. The fourth-order valence-corrected chi connectivity index (χ4v) is 7.30. The average Bonchev–Trinajstić information content (AvgIpc) is 2.39. The summed E-state index contributed by atoms with van der Waals surface area (Å²) in [7, 11) is 0. The van der Waals surface area contributed by atoms with Gasteiger partial charge in [0.25, 0.3) is 0 Å². The molecule has 0 radical (unpaired) electrons. The lowest BCUT2D eigenvalue weighted by molar-refractivity contribution is 0.176. The van der Waals surface area contributed by atoms with Gasteiger partial charge in [0.2, 0.25) is 0 Å². The van der Waals surface area contributed by atoms with Gasteiger partial charge >= 0.3 is 13.4 Å². The molecule has 130 valence electrons. The topological polar surface area (TPSA) is 86.6 Å². The van der Waals surface area contributed by atoms with Crippen LogP contribution >= 0.6 is 13.4 Å². The molecule has 0 aromatic rings. The van der Waals surface area contributed by atoms with Crippen molar-refractivity contribution in [3.05, 3.63) is 0 Å². The van der Waals surface area contributed by atoms with Crippen molar-refractivity contribution in [1.82, 2.24) is 0 Å². The zero-order valence-electron chi connectivity index (χ0n) is 12.9. The van der Waals surface area contributed by atoms with Crippen LogP contribution in [0.2, 0.25) is 0 Å². The predicted molar refractivity (Wildman–Crippen MR) is 90.3 cm³/mol. The van der Waals surface area contributed by atoms with Crippen LogP contribution in [0.25, 0.3) is 0 Å². The van der Waals surface area contributed by atoms with Crippen molar-refractivity contribution in [3.63, 3.8) is 0 Å². The van der Waals surface area contributed by atoms with Gasteiger partial charge in [-0.2, -0.15) is 0 Å². The van der Waals surface area contributed by atoms with E-state index in [1.165, 1.54) is 0 Å². The molecule has 0 aliphatic carbocycles. The molecule has 0 amide bonds. The molecule has 0 spiro atoms. The Morgan fingerprint density at radius 2 is 0.905 bits per heavy atom. The van der Waals surface area contributed by atoms with E-state index in [0.29, 0.717) is 26.4 Å². The van der Waals surface area contributed by atoms with Gasteiger partial charge in [0.15, 0.2) is 0 Å². The molecule has 2 N–H and O–H groups in total. The van der Waals surface area contributed by atoms with Crippen molar-refractivity contribution in [2.75, 3.05) is 39.6 Å². The third-order valence-electron chi connectivity index (χ3n) is 1.45. The van der Waals surface area contributed by atoms with Gasteiger partial charge in [-0.1, -0.05) is 0 Å². The third kappa shape index (κ3) is 13.2. The zero-order valence-corrected chi connectivity index (χ0v) is 16.3. The maximum Gasteiger partial charge on any atom is 0.334 e.